The first-order valence-electron chi connectivity index (χ1n) is 7.73. The molecule has 1 rings (SSSR count). The summed E-state index contributed by atoms with van der Waals surface area (Å²) in [6, 6.07) is 7.75. The van der Waals surface area contributed by atoms with Gasteiger partial charge in [0.15, 0.2) is 5.90 Å². The lowest BCUT2D eigenvalue weighted by atomic mass is 10.3. The van der Waals surface area contributed by atoms with Crippen molar-refractivity contribution in [1.29, 1.82) is 0 Å². The van der Waals surface area contributed by atoms with Crippen LogP contribution >= 0.6 is 0 Å². The number of benzene rings is 1. The van der Waals surface area contributed by atoms with E-state index in [2.05, 4.69) is 10.3 Å². The zero-order valence-corrected chi connectivity index (χ0v) is 14.2. The number of aliphatic hydroxyl groups is 1. The average Bonchev–Trinajstić information content (AvgIpc) is 2.43. The summed E-state index contributed by atoms with van der Waals surface area (Å²) in [6.45, 7) is 10.6. The Morgan fingerprint density at radius 1 is 1.18 bits per heavy atom. The van der Waals surface area contributed by atoms with Crippen molar-refractivity contribution < 1.29 is 14.6 Å². The first kappa shape index (κ1) is 18.5. The quantitative estimate of drug-likeness (QED) is 0.572. The molecule has 0 aliphatic rings. The molecule has 0 amide bonds. The average molecular weight is 308 g/mol. The second kappa shape index (κ2) is 9.43. The molecular weight excluding hydrogens is 280 g/mol. The molecule has 5 nitrogen and oxygen atoms in total. The van der Waals surface area contributed by atoms with Crippen LogP contribution in [-0.4, -0.2) is 42.4 Å². The minimum absolute atomic E-state index is 0.118. The Labute approximate surface area is 133 Å². The molecule has 5 heteroatoms. The molecule has 22 heavy (non-hydrogen) atoms. The lowest BCUT2D eigenvalue weighted by Crippen LogP contribution is -2.35. The molecule has 1 atom stereocenters. The zero-order valence-electron chi connectivity index (χ0n) is 14.2. The predicted octanol–water partition coefficient (Wildman–Crippen LogP) is 2.90. The van der Waals surface area contributed by atoms with E-state index in [1.54, 1.807) is 0 Å². The van der Waals surface area contributed by atoms with Gasteiger partial charge in [0.25, 0.3) is 0 Å². The van der Waals surface area contributed by atoms with E-state index < -0.39 is 6.10 Å². The predicted molar refractivity (Wildman–Crippen MR) is 90.1 cm³/mol. The van der Waals surface area contributed by atoms with Crippen LogP contribution in [0, 0.1) is 0 Å². The molecule has 2 N–H and O–H groups in total. The lowest BCUT2D eigenvalue weighted by Gasteiger charge is -2.15. The Balaban J connectivity index is 2.45. The number of rotatable bonds is 8. The van der Waals surface area contributed by atoms with Gasteiger partial charge in [-0.15, -0.1) is 0 Å². The Morgan fingerprint density at radius 2 is 1.82 bits per heavy atom. The van der Waals surface area contributed by atoms with E-state index in [4.69, 9.17) is 9.47 Å². The molecular formula is C17H28N2O3. The maximum atomic E-state index is 9.79. The summed E-state index contributed by atoms with van der Waals surface area (Å²) >= 11 is 0. The number of aliphatic imine (C=N–C) groups is 1. The summed E-state index contributed by atoms with van der Waals surface area (Å²) < 4.78 is 11.0. The standard InChI is InChI=1S/C17H28N2O3/c1-12(2)18-10-16(20)11-21-17-8-6-15(7-9-17)19-14(5)22-13(3)4/h6-9,12-13,16,18,20H,10-11H2,1-5H3/b19-14-. The van der Waals surface area contributed by atoms with Gasteiger partial charge in [0.1, 0.15) is 18.5 Å². The van der Waals surface area contributed by atoms with Gasteiger partial charge >= 0.3 is 0 Å². The largest absolute Gasteiger partial charge is 0.491 e. The number of ether oxygens (including phenoxy) is 2. The van der Waals surface area contributed by atoms with Gasteiger partial charge in [0, 0.05) is 19.5 Å². The summed E-state index contributed by atoms with van der Waals surface area (Å²) in [5.41, 5.74) is 0.813. The second-order valence-electron chi connectivity index (χ2n) is 5.82. The third kappa shape index (κ3) is 8.00. The van der Waals surface area contributed by atoms with Gasteiger partial charge in [0.05, 0.1) is 11.8 Å². The molecule has 0 saturated carbocycles. The first-order chi connectivity index (χ1) is 10.4. The van der Waals surface area contributed by atoms with E-state index in [-0.39, 0.29) is 12.7 Å². The fourth-order valence-electron chi connectivity index (χ4n) is 1.79. The lowest BCUT2D eigenvalue weighted by molar-refractivity contribution is 0.104. The van der Waals surface area contributed by atoms with E-state index in [9.17, 15) is 5.11 Å². The molecule has 1 unspecified atom stereocenters. The highest BCUT2D eigenvalue weighted by Crippen LogP contribution is 2.18. The molecule has 0 radical (unpaired) electrons. The van der Waals surface area contributed by atoms with Crippen LogP contribution in [0.5, 0.6) is 5.75 Å². The molecule has 124 valence electrons. The third-order valence-corrected chi connectivity index (χ3v) is 2.73. The van der Waals surface area contributed by atoms with Crippen molar-refractivity contribution in [1.82, 2.24) is 5.32 Å². The minimum Gasteiger partial charge on any atom is -0.491 e. The number of aliphatic hydroxyl groups excluding tert-OH is 1. The van der Waals surface area contributed by atoms with Gasteiger partial charge in [-0.1, -0.05) is 13.8 Å². The Hall–Kier alpha value is -1.59. The Bertz CT molecular complexity index is 455. The molecule has 1 aromatic carbocycles. The maximum absolute atomic E-state index is 9.79. The summed E-state index contributed by atoms with van der Waals surface area (Å²) in [5, 5.41) is 13.0. The normalized spacial score (nSPS) is 13.5. The van der Waals surface area contributed by atoms with Crippen LogP contribution in [0.15, 0.2) is 29.3 Å². The van der Waals surface area contributed by atoms with Crippen molar-refractivity contribution in [3.63, 3.8) is 0 Å². The van der Waals surface area contributed by atoms with E-state index >= 15 is 0 Å². The molecule has 0 saturated heterocycles. The van der Waals surface area contributed by atoms with Crippen molar-refractivity contribution in [3.05, 3.63) is 24.3 Å². The van der Waals surface area contributed by atoms with Crippen molar-refractivity contribution in [2.45, 2.75) is 52.9 Å². The molecule has 0 spiro atoms. The topological polar surface area (TPSA) is 63.1 Å². The number of hydrogen-bond acceptors (Lipinski definition) is 5. The summed E-state index contributed by atoms with van der Waals surface area (Å²) in [5.74, 6) is 1.35. The van der Waals surface area contributed by atoms with Crippen LogP contribution in [0.4, 0.5) is 5.69 Å². The molecule has 0 aliphatic carbocycles. The highest BCUT2D eigenvalue weighted by molar-refractivity contribution is 5.76. The van der Waals surface area contributed by atoms with Crippen LogP contribution in [0.3, 0.4) is 0 Å². The van der Waals surface area contributed by atoms with Gasteiger partial charge in [-0.3, -0.25) is 0 Å². The van der Waals surface area contributed by atoms with Crippen LogP contribution in [0.2, 0.25) is 0 Å². The molecule has 0 heterocycles. The number of hydrogen-bond donors (Lipinski definition) is 2. The van der Waals surface area contributed by atoms with Gasteiger partial charge < -0.3 is 19.9 Å². The minimum atomic E-state index is -0.526. The Morgan fingerprint density at radius 3 is 2.36 bits per heavy atom. The monoisotopic (exact) mass is 308 g/mol. The zero-order chi connectivity index (χ0) is 16.5. The molecule has 1 aromatic rings. The van der Waals surface area contributed by atoms with Gasteiger partial charge in [-0.05, 0) is 38.1 Å². The van der Waals surface area contributed by atoms with Crippen molar-refractivity contribution in [3.8, 4) is 5.75 Å². The second-order valence-corrected chi connectivity index (χ2v) is 5.82. The third-order valence-electron chi connectivity index (χ3n) is 2.73. The summed E-state index contributed by atoms with van der Waals surface area (Å²) in [7, 11) is 0. The van der Waals surface area contributed by atoms with Crippen LogP contribution in [-0.2, 0) is 4.74 Å². The highest BCUT2D eigenvalue weighted by atomic mass is 16.5. The van der Waals surface area contributed by atoms with E-state index in [1.165, 1.54) is 0 Å². The Kier molecular flexibility index (Phi) is 7.91. The van der Waals surface area contributed by atoms with E-state index in [0.29, 0.717) is 24.2 Å². The maximum Gasteiger partial charge on any atom is 0.185 e. The smallest absolute Gasteiger partial charge is 0.185 e. The van der Waals surface area contributed by atoms with Gasteiger partial charge in [-0.2, -0.15) is 0 Å². The van der Waals surface area contributed by atoms with Gasteiger partial charge in [-0.25, -0.2) is 4.99 Å². The SMILES string of the molecule is C/C(=N/c1ccc(OCC(O)CNC(C)C)cc1)OC(C)C. The van der Waals surface area contributed by atoms with Crippen LogP contribution in [0.25, 0.3) is 0 Å². The van der Waals surface area contributed by atoms with Crippen LogP contribution in [0.1, 0.15) is 34.6 Å². The highest BCUT2D eigenvalue weighted by Gasteiger charge is 2.06. The van der Waals surface area contributed by atoms with Crippen molar-refractivity contribution >= 4 is 11.6 Å². The first-order valence-corrected chi connectivity index (χ1v) is 7.73. The van der Waals surface area contributed by atoms with E-state index in [0.717, 1.165) is 5.69 Å². The van der Waals surface area contributed by atoms with Crippen molar-refractivity contribution in [2.24, 2.45) is 4.99 Å². The summed E-state index contributed by atoms with van der Waals surface area (Å²) in [4.78, 5) is 4.36. The molecule has 0 fully saturated rings. The van der Waals surface area contributed by atoms with Gasteiger partial charge in [0.2, 0.25) is 0 Å². The number of nitrogens with zero attached hydrogens (tertiary/aromatic N) is 1. The molecule has 0 aliphatic heterocycles. The number of nitrogens with one attached hydrogen (secondary N) is 1. The van der Waals surface area contributed by atoms with Crippen molar-refractivity contribution in [2.75, 3.05) is 13.2 Å². The fourth-order valence-corrected chi connectivity index (χ4v) is 1.79. The van der Waals surface area contributed by atoms with E-state index in [1.807, 2.05) is 58.9 Å². The van der Waals surface area contributed by atoms with Crippen LogP contribution < -0.4 is 10.1 Å². The molecule has 0 bridgehead atoms. The summed E-state index contributed by atoms with van der Waals surface area (Å²) in [6.07, 6.45) is -0.408. The fraction of sp³-hybridized carbons (Fsp3) is 0.588. The molecule has 0 aromatic heterocycles.